The molecule has 0 unspecified atom stereocenters. The number of aliphatic imine (C=N–C) groups is 1. The molecule has 27 heteroatoms. The van der Waals surface area contributed by atoms with E-state index in [1.807, 2.05) is 0 Å². The zero-order valence-electron chi connectivity index (χ0n) is 44.8. The standard InChI is InChI=1S/C50H71N13O12.C2H4O2/c1-5-28(4)41(47(72)59-36(23-31-25-54-26-56-31)48(73)63-20-10-14-38(63)45(70)60-37(49(74)75)22-29-11-7-6-8-12-29)62-44(69)35(21-30-15-17-32(64)18-16-30)58-46(71)40(27(2)3)61-43(68)34(13-9-19-55-50(52)53)57-42(67)33(51)24-39(65)66;1-2(3)4/h6-8,11-12,15-18,25-28,33-38,40-41,64H,5,9-10,13-14,19-24,51H2,1-4H3,(H,54,56)(H,57,67)(H,58,71)(H,59,72)(H,60,70)(H,61,68)(H,62,69)(H,65,66)(H,74,75)(H4,52,53,55);1H3,(H,3,4)/t28-,33-,34-,35-,36-,37-,38-,40-,41-;/m0./s1. The van der Waals surface area contributed by atoms with Gasteiger partial charge in [-0.05, 0) is 60.8 Å². The van der Waals surface area contributed by atoms with Gasteiger partial charge in [0.15, 0.2) is 5.96 Å². The van der Waals surface area contributed by atoms with Crippen molar-refractivity contribution in [1.29, 1.82) is 0 Å². The van der Waals surface area contributed by atoms with Gasteiger partial charge in [-0.1, -0.05) is 76.6 Å². The van der Waals surface area contributed by atoms with Crippen LogP contribution in [0.25, 0.3) is 0 Å². The number of hydrogen-bond acceptors (Lipinski definition) is 14. The largest absolute Gasteiger partial charge is 0.508 e. The third kappa shape index (κ3) is 22.1. The van der Waals surface area contributed by atoms with Crippen molar-refractivity contribution in [3.05, 3.63) is 83.9 Å². The minimum atomic E-state index is -1.51. The van der Waals surface area contributed by atoms with Crippen LogP contribution in [-0.4, -0.2) is 162 Å². The Bertz CT molecular complexity index is 2560. The molecule has 9 atom stereocenters. The average Bonchev–Trinajstić information content (AvgIpc) is 4.11. The lowest BCUT2D eigenvalue weighted by atomic mass is 9.96. The second-order valence-electron chi connectivity index (χ2n) is 19.4. The fourth-order valence-corrected chi connectivity index (χ4v) is 8.31. The maximum Gasteiger partial charge on any atom is 0.326 e. The van der Waals surface area contributed by atoms with Crippen molar-refractivity contribution in [2.24, 2.45) is 34.0 Å². The number of nitrogens with one attached hydrogen (secondary N) is 7. The normalized spacial score (nSPS) is 15.8. The van der Waals surface area contributed by atoms with Crippen molar-refractivity contribution < 1.29 is 68.4 Å². The molecule has 0 spiro atoms. The molecule has 1 aliphatic rings. The number of phenolic OH excluding ortho intramolecular Hbond substituents is 1. The van der Waals surface area contributed by atoms with Crippen LogP contribution in [0.1, 0.15) is 90.0 Å². The molecule has 2 heterocycles. The summed E-state index contributed by atoms with van der Waals surface area (Å²) in [6.45, 7) is 7.99. The number of aromatic nitrogens is 2. The summed E-state index contributed by atoms with van der Waals surface area (Å²) in [5.41, 5.74) is 18.2. The van der Waals surface area contributed by atoms with Crippen LogP contribution in [0.2, 0.25) is 0 Å². The van der Waals surface area contributed by atoms with Gasteiger partial charge in [-0.3, -0.25) is 48.1 Å². The lowest BCUT2D eigenvalue weighted by Crippen LogP contribution is -2.62. The zero-order valence-corrected chi connectivity index (χ0v) is 44.8. The van der Waals surface area contributed by atoms with Gasteiger partial charge in [-0.25, -0.2) is 9.78 Å². The Hall–Kier alpha value is -8.62. The molecule has 0 saturated carbocycles. The van der Waals surface area contributed by atoms with Crippen molar-refractivity contribution in [3.63, 3.8) is 0 Å². The van der Waals surface area contributed by atoms with Crippen molar-refractivity contribution >= 4 is 65.2 Å². The Morgan fingerprint density at radius 1 is 0.734 bits per heavy atom. The number of benzene rings is 2. The highest BCUT2D eigenvalue weighted by Gasteiger charge is 2.41. The second kappa shape index (κ2) is 32.2. The SMILES string of the molecule is CC(=O)O.CC[C@H](C)[C@H](NC(=O)[C@H](Cc1ccc(O)cc1)NC(=O)[C@@H](NC(=O)[C@H](CCCN=C(N)N)NC(=O)[C@@H](N)CC(=O)O)C(C)C)C(=O)N[C@@H](Cc1cnc[nH]1)C(=O)N1CCC[C@H]1C(=O)N[C@@H](Cc1ccccc1)C(=O)O. The third-order valence-electron chi connectivity index (χ3n) is 12.7. The number of phenols is 1. The van der Waals surface area contributed by atoms with Crippen LogP contribution in [0.3, 0.4) is 0 Å². The maximum atomic E-state index is 14.6. The number of aliphatic carboxylic acids is 3. The lowest BCUT2D eigenvalue weighted by molar-refractivity contribution is -0.145. The van der Waals surface area contributed by atoms with Crippen molar-refractivity contribution in [2.75, 3.05) is 13.1 Å². The van der Waals surface area contributed by atoms with Crippen LogP contribution in [-0.2, 0) is 67.2 Å². The number of nitrogens with two attached hydrogens (primary N) is 3. The second-order valence-corrected chi connectivity index (χ2v) is 19.4. The van der Waals surface area contributed by atoms with Crippen LogP contribution in [0.15, 0.2) is 72.1 Å². The summed E-state index contributed by atoms with van der Waals surface area (Å²) in [4.78, 5) is 143. The first kappa shape index (κ1) is 64.7. The molecule has 3 aromatic rings. The van der Waals surface area contributed by atoms with Crippen LogP contribution in [0, 0.1) is 11.8 Å². The third-order valence-corrected chi connectivity index (χ3v) is 12.7. The molecule has 4 rings (SSSR count). The predicted octanol–water partition coefficient (Wildman–Crippen LogP) is -1.22. The molecule has 0 aliphatic carbocycles. The minimum Gasteiger partial charge on any atom is -0.508 e. The lowest BCUT2D eigenvalue weighted by Gasteiger charge is -2.32. The first-order valence-electron chi connectivity index (χ1n) is 25.7. The number of guanidine groups is 1. The van der Waals surface area contributed by atoms with E-state index in [1.54, 1.807) is 58.0 Å². The smallest absolute Gasteiger partial charge is 0.326 e. The van der Waals surface area contributed by atoms with Gasteiger partial charge in [0.2, 0.25) is 41.4 Å². The quantitative estimate of drug-likeness (QED) is 0.0220. The van der Waals surface area contributed by atoms with E-state index in [-0.39, 0.29) is 63.3 Å². The van der Waals surface area contributed by atoms with Crippen LogP contribution in [0.4, 0.5) is 0 Å². The van der Waals surface area contributed by atoms with Crippen LogP contribution in [0.5, 0.6) is 5.75 Å². The molecule has 1 saturated heterocycles. The number of carbonyl (C=O) groups excluding carboxylic acids is 7. The highest BCUT2D eigenvalue weighted by molar-refractivity contribution is 5.98. The topological polar surface area (TPSA) is 446 Å². The number of rotatable bonds is 29. The summed E-state index contributed by atoms with van der Waals surface area (Å²) in [5, 5.41) is 52.5. The molecule has 79 heavy (non-hydrogen) atoms. The number of carbonyl (C=O) groups is 10. The molecular weight excluding hydrogens is 1030 g/mol. The molecule has 1 aliphatic heterocycles. The summed E-state index contributed by atoms with van der Waals surface area (Å²) < 4.78 is 0. The van der Waals surface area contributed by atoms with E-state index in [9.17, 15) is 58.5 Å². The number of nitrogens with zero attached hydrogens (tertiary/aromatic N) is 3. The van der Waals surface area contributed by atoms with Gasteiger partial charge < -0.3 is 79.4 Å². The number of likely N-dealkylation sites (tertiary alicyclic amines) is 1. The van der Waals surface area contributed by atoms with E-state index >= 15 is 0 Å². The van der Waals surface area contributed by atoms with Crippen LogP contribution < -0.4 is 49.1 Å². The highest BCUT2D eigenvalue weighted by atomic mass is 16.4. The van der Waals surface area contributed by atoms with E-state index in [1.165, 1.54) is 41.7 Å². The number of aromatic hydroxyl groups is 1. The molecular formula is C52H75N13O14. The van der Waals surface area contributed by atoms with Crippen molar-refractivity contribution in [3.8, 4) is 5.75 Å². The molecule has 17 N–H and O–H groups in total. The summed E-state index contributed by atoms with van der Waals surface area (Å²) in [6.07, 6.45) is 2.92. The van der Waals surface area contributed by atoms with E-state index in [4.69, 9.17) is 27.1 Å². The number of carboxylic acids is 3. The van der Waals surface area contributed by atoms with Crippen molar-refractivity contribution in [2.45, 2.75) is 141 Å². The zero-order chi connectivity index (χ0) is 58.9. The van der Waals surface area contributed by atoms with Gasteiger partial charge in [0, 0.05) is 51.2 Å². The Labute approximate surface area is 456 Å². The Morgan fingerprint density at radius 3 is 1.87 bits per heavy atom. The maximum absolute atomic E-state index is 14.6. The van der Waals surface area contributed by atoms with Crippen LogP contribution >= 0.6 is 0 Å². The fraction of sp³-hybridized carbons (Fsp3) is 0.500. The molecule has 27 nitrogen and oxygen atoms in total. The number of imidazole rings is 1. The molecule has 7 amide bonds. The summed E-state index contributed by atoms with van der Waals surface area (Å²) in [7, 11) is 0. The van der Waals surface area contributed by atoms with E-state index in [2.05, 4.69) is 46.9 Å². The van der Waals surface area contributed by atoms with E-state index in [0.29, 0.717) is 29.7 Å². The number of amides is 7. The van der Waals surface area contributed by atoms with Gasteiger partial charge in [0.25, 0.3) is 5.97 Å². The number of carboxylic acid groups (broad SMARTS) is 3. The monoisotopic (exact) mass is 1110 g/mol. The van der Waals surface area contributed by atoms with Gasteiger partial charge in [-0.15, -0.1) is 0 Å². The highest BCUT2D eigenvalue weighted by Crippen LogP contribution is 2.21. The predicted molar refractivity (Wildman–Crippen MR) is 286 cm³/mol. The fourth-order valence-electron chi connectivity index (χ4n) is 8.31. The molecule has 432 valence electrons. The molecule has 1 fully saturated rings. The molecule has 1 aromatic heterocycles. The van der Waals surface area contributed by atoms with E-state index < -0.39 is 126 Å². The first-order valence-corrected chi connectivity index (χ1v) is 25.7. The summed E-state index contributed by atoms with van der Waals surface area (Å²) in [6, 6.07) is 3.95. The van der Waals surface area contributed by atoms with Gasteiger partial charge in [0.05, 0.1) is 18.8 Å². The summed E-state index contributed by atoms with van der Waals surface area (Å²) in [5.74, 6) is -10.5. The minimum absolute atomic E-state index is 0.00211. The van der Waals surface area contributed by atoms with Crippen molar-refractivity contribution in [1.82, 2.24) is 46.8 Å². The van der Waals surface area contributed by atoms with E-state index in [0.717, 1.165) is 6.92 Å². The number of aromatic amines is 1. The summed E-state index contributed by atoms with van der Waals surface area (Å²) >= 11 is 0. The number of H-pyrrole nitrogens is 1. The van der Waals surface area contributed by atoms with Gasteiger partial charge in [0.1, 0.15) is 48.0 Å². The Balaban J connectivity index is 0.00000396. The first-order chi connectivity index (χ1) is 37.3. The number of hydrogen-bond donors (Lipinski definition) is 14. The molecule has 2 aromatic carbocycles. The van der Waals surface area contributed by atoms with Gasteiger partial charge in [-0.2, -0.15) is 0 Å². The Kier molecular flexibility index (Phi) is 26.4. The average molecular weight is 1110 g/mol. The van der Waals surface area contributed by atoms with Gasteiger partial charge >= 0.3 is 11.9 Å². The Morgan fingerprint density at radius 2 is 1.30 bits per heavy atom. The molecule has 0 bridgehead atoms. The molecule has 0 radical (unpaired) electrons.